The number of aryl methyl sites for hydroxylation is 2. The van der Waals surface area contributed by atoms with Gasteiger partial charge >= 0.3 is 0 Å². The third-order valence-corrected chi connectivity index (χ3v) is 6.12. The first-order valence-corrected chi connectivity index (χ1v) is 9.92. The van der Waals surface area contributed by atoms with E-state index in [4.69, 9.17) is 0 Å². The molecule has 24 heavy (non-hydrogen) atoms. The predicted octanol–water partition coefficient (Wildman–Crippen LogP) is 3.86. The molecule has 0 aliphatic heterocycles. The molecule has 1 amide bonds. The van der Waals surface area contributed by atoms with Crippen LogP contribution in [0.15, 0.2) is 28.6 Å². The molecular formula is C18H19N3OS2. The van der Waals surface area contributed by atoms with Crippen LogP contribution >= 0.6 is 23.1 Å². The lowest BCUT2D eigenvalue weighted by Crippen LogP contribution is -2.27. The highest BCUT2D eigenvalue weighted by molar-refractivity contribution is 8.00. The summed E-state index contributed by atoms with van der Waals surface area (Å²) in [6.07, 6.45) is 4.28. The molecule has 4 nitrogen and oxygen atoms in total. The standard InChI is InChI=1S/C18H19N3OS2/c1-12(16-7-4-8-23-16)20-17(22)11-24-18-14(10-19)9-13-5-2-3-6-15(13)21-18/h4,7-9,12H,2-3,5-6,11H2,1H3,(H,20,22). The summed E-state index contributed by atoms with van der Waals surface area (Å²) in [5, 5.41) is 15.0. The van der Waals surface area contributed by atoms with Crippen LogP contribution in [-0.4, -0.2) is 16.6 Å². The van der Waals surface area contributed by atoms with E-state index in [2.05, 4.69) is 16.4 Å². The van der Waals surface area contributed by atoms with Gasteiger partial charge in [-0.3, -0.25) is 4.79 Å². The van der Waals surface area contributed by atoms with Gasteiger partial charge in [-0.1, -0.05) is 17.8 Å². The molecular weight excluding hydrogens is 338 g/mol. The normalized spacial score (nSPS) is 14.5. The average Bonchev–Trinajstić information content (AvgIpc) is 3.13. The van der Waals surface area contributed by atoms with E-state index in [1.165, 1.54) is 17.3 Å². The van der Waals surface area contributed by atoms with E-state index in [0.29, 0.717) is 10.6 Å². The Kier molecular flexibility index (Phi) is 5.54. The van der Waals surface area contributed by atoms with E-state index in [-0.39, 0.29) is 17.7 Å². The second-order valence-corrected chi connectivity index (χ2v) is 7.80. The van der Waals surface area contributed by atoms with E-state index in [9.17, 15) is 10.1 Å². The first kappa shape index (κ1) is 17.0. The molecule has 0 saturated carbocycles. The lowest BCUT2D eigenvalue weighted by Gasteiger charge is -2.16. The van der Waals surface area contributed by atoms with Gasteiger partial charge in [-0.15, -0.1) is 11.3 Å². The van der Waals surface area contributed by atoms with Gasteiger partial charge < -0.3 is 5.32 Å². The quantitative estimate of drug-likeness (QED) is 0.825. The Bertz CT molecular complexity index is 765. The van der Waals surface area contributed by atoms with E-state index in [1.54, 1.807) is 11.3 Å². The fraction of sp³-hybridized carbons (Fsp3) is 0.389. The Morgan fingerprint density at radius 1 is 1.50 bits per heavy atom. The van der Waals surface area contributed by atoms with Gasteiger partial charge in [0.15, 0.2) is 0 Å². The number of rotatable bonds is 5. The molecule has 3 rings (SSSR count). The predicted molar refractivity (Wildman–Crippen MR) is 97.2 cm³/mol. The summed E-state index contributed by atoms with van der Waals surface area (Å²) in [4.78, 5) is 18.0. The molecule has 0 aromatic carbocycles. The molecule has 0 fully saturated rings. The average molecular weight is 358 g/mol. The Morgan fingerprint density at radius 2 is 2.33 bits per heavy atom. The van der Waals surface area contributed by atoms with Crippen LogP contribution in [0.3, 0.4) is 0 Å². The van der Waals surface area contributed by atoms with Crippen molar-refractivity contribution in [1.29, 1.82) is 5.26 Å². The molecule has 6 heteroatoms. The monoisotopic (exact) mass is 357 g/mol. The largest absolute Gasteiger partial charge is 0.348 e. The lowest BCUT2D eigenvalue weighted by atomic mass is 9.95. The Morgan fingerprint density at radius 3 is 3.08 bits per heavy atom. The molecule has 2 aromatic rings. The van der Waals surface area contributed by atoms with Crippen LogP contribution in [0.2, 0.25) is 0 Å². The molecule has 1 N–H and O–H groups in total. The third kappa shape index (κ3) is 3.97. The SMILES string of the molecule is CC(NC(=O)CSc1nc2c(cc1C#N)CCCC2)c1cccs1. The first-order valence-electron chi connectivity index (χ1n) is 8.06. The molecule has 1 aliphatic carbocycles. The van der Waals surface area contributed by atoms with Gasteiger partial charge in [-0.05, 0) is 55.7 Å². The van der Waals surface area contributed by atoms with Crippen molar-refractivity contribution in [1.82, 2.24) is 10.3 Å². The number of hydrogen-bond donors (Lipinski definition) is 1. The van der Waals surface area contributed by atoms with Gasteiger partial charge in [-0.2, -0.15) is 5.26 Å². The third-order valence-electron chi connectivity index (χ3n) is 4.07. The van der Waals surface area contributed by atoms with Gasteiger partial charge in [0.25, 0.3) is 0 Å². The van der Waals surface area contributed by atoms with Crippen LogP contribution in [0.25, 0.3) is 0 Å². The van der Waals surface area contributed by atoms with Crippen molar-refractivity contribution in [3.63, 3.8) is 0 Å². The Balaban J connectivity index is 1.63. The zero-order chi connectivity index (χ0) is 16.9. The summed E-state index contributed by atoms with van der Waals surface area (Å²) in [6, 6.07) is 8.17. The van der Waals surface area contributed by atoms with Crippen molar-refractivity contribution in [2.45, 2.75) is 43.7 Å². The van der Waals surface area contributed by atoms with E-state index < -0.39 is 0 Å². The van der Waals surface area contributed by atoms with E-state index >= 15 is 0 Å². The number of amides is 1. The molecule has 0 bridgehead atoms. The highest BCUT2D eigenvalue weighted by Gasteiger charge is 2.17. The summed E-state index contributed by atoms with van der Waals surface area (Å²) in [7, 11) is 0. The number of thioether (sulfide) groups is 1. The Labute approximate surface area is 150 Å². The first-order chi connectivity index (χ1) is 11.7. The molecule has 124 valence electrons. The maximum atomic E-state index is 12.2. The molecule has 0 radical (unpaired) electrons. The molecule has 1 unspecified atom stereocenters. The van der Waals surface area contributed by atoms with Crippen molar-refractivity contribution < 1.29 is 4.79 Å². The molecule has 2 heterocycles. The van der Waals surface area contributed by atoms with Crippen molar-refractivity contribution >= 4 is 29.0 Å². The fourth-order valence-corrected chi connectivity index (χ4v) is 4.35. The van der Waals surface area contributed by atoms with Crippen molar-refractivity contribution in [2.24, 2.45) is 0 Å². The highest BCUT2D eigenvalue weighted by Crippen LogP contribution is 2.27. The summed E-state index contributed by atoms with van der Waals surface area (Å²) < 4.78 is 0. The van der Waals surface area contributed by atoms with E-state index in [1.807, 2.05) is 30.5 Å². The molecule has 0 saturated heterocycles. The van der Waals surface area contributed by atoms with Crippen LogP contribution < -0.4 is 5.32 Å². The smallest absolute Gasteiger partial charge is 0.230 e. The Hall–Kier alpha value is -1.84. The maximum absolute atomic E-state index is 12.2. The summed E-state index contributed by atoms with van der Waals surface area (Å²) in [5.41, 5.74) is 2.87. The minimum Gasteiger partial charge on any atom is -0.348 e. The van der Waals surface area contributed by atoms with Crippen molar-refractivity contribution in [2.75, 3.05) is 5.75 Å². The molecule has 0 spiro atoms. The number of fused-ring (bicyclic) bond motifs is 1. The van der Waals surface area contributed by atoms with Crippen LogP contribution in [0.5, 0.6) is 0 Å². The summed E-state index contributed by atoms with van der Waals surface area (Å²) in [6.45, 7) is 1.98. The minimum atomic E-state index is -0.0377. The van der Waals surface area contributed by atoms with E-state index in [0.717, 1.165) is 36.3 Å². The zero-order valence-electron chi connectivity index (χ0n) is 13.5. The van der Waals surface area contributed by atoms with Gasteiger partial charge in [0.2, 0.25) is 5.91 Å². The number of nitrogens with one attached hydrogen (secondary N) is 1. The number of aromatic nitrogens is 1. The molecule has 1 aliphatic rings. The van der Waals surface area contributed by atoms with Crippen LogP contribution in [-0.2, 0) is 17.6 Å². The summed E-state index contributed by atoms with van der Waals surface area (Å²) >= 11 is 2.98. The van der Waals surface area contributed by atoms with Crippen LogP contribution in [0, 0.1) is 11.3 Å². The number of nitriles is 1. The number of pyridine rings is 1. The summed E-state index contributed by atoms with van der Waals surface area (Å²) in [5.74, 6) is 0.236. The van der Waals surface area contributed by atoms with Crippen LogP contribution in [0.4, 0.5) is 0 Å². The number of nitrogens with zero attached hydrogens (tertiary/aromatic N) is 2. The number of thiophene rings is 1. The second-order valence-electron chi connectivity index (χ2n) is 5.86. The highest BCUT2D eigenvalue weighted by atomic mass is 32.2. The number of carbonyl (C=O) groups excluding carboxylic acids is 1. The second kappa shape index (κ2) is 7.82. The lowest BCUT2D eigenvalue weighted by molar-refractivity contribution is -0.119. The van der Waals surface area contributed by atoms with Crippen LogP contribution in [0.1, 0.15) is 47.5 Å². The maximum Gasteiger partial charge on any atom is 0.230 e. The minimum absolute atomic E-state index is 0.00466. The van der Waals surface area contributed by atoms with Gasteiger partial charge in [0.1, 0.15) is 11.1 Å². The molecule has 1 atom stereocenters. The van der Waals surface area contributed by atoms with Gasteiger partial charge in [0.05, 0.1) is 17.4 Å². The number of hydrogen-bond acceptors (Lipinski definition) is 5. The topological polar surface area (TPSA) is 65.8 Å². The van der Waals surface area contributed by atoms with Crippen molar-refractivity contribution in [3.8, 4) is 6.07 Å². The number of carbonyl (C=O) groups is 1. The van der Waals surface area contributed by atoms with Gasteiger partial charge in [0, 0.05) is 10.6 Å². The van der Waals surface area contributed by atoms with Crippen molar-refractivity contribution in [3.05, 3.63) is 45.3 Å². The van der Waals surface area contributed by atoms with Gasteiger partial charge in [-0.25, -0.2) is 4.98 Å². The fourth-order valence-electron chi connectivity index (χ4n) is 2.83. The zero-order valence-corrected chi connectivity index (χ0v) is 15.2. The molecule has 2 aromatic heterocycles.